The second-order valence-electron chi connectivity index (χ2n) is 8.00. The number of pyridine rings is 1. The predicted molar refractivity (Wildman–Crippen MR) is 127 cm³/mol. The van der Waals surface area contributed by atoms with E-state index in [0.29, 0.717) is 34.3 Å². The molecule has 0 bridgehead atoms. The van der Waals surface area contributed by atoms with Gasteiger partial charge in [-0.15, -0.1) is 0 Å². The summed E-state index contributed by atoms with van der Waals surface area (Å²) in [5.41, 5.74) is 1.91. The number of nitrogens with zero attached hydrogens (tertiary/aromatic N) is 1. The summed E-state index contributed by atoms with van der Waals surface area (Å²) in [6.07, 6.45) is 4.03. The molecule has 3 aromatic rings. The smallest absolute Gasteiger partial charge is 0.258 e. The van der Waals surface area contributed by atoms with E-state index in [0.717, 1.165) is 31.6 Å². The lowest BCUT2D eigenvalue weighted by atomic mass is 9.86. The quantitative estimate of drug-likeness (QED) is 0.464. The number of nitrogens with one attached hydrogen (secondary N) is 3. The molecule has 1 saturated heterocycles. The molecule has 0 spiro atoms. The normalized spacial score (nSPS) is 15.2. The first kappa shape index (κ1) is 22.2. The van der Waals surface area contributed by atoms with Crippen molar-refractivity contribution in [3.8, 4) is 0 Å². The number of hydrogen-bond acceptors (Lipinski definition) is 4. The van der Waals surface area contributed by atoms with Crippen molar-refractivity contribution in [3.05, 3.63) is 88.8 Å². The van der Waals surface area contributed by atoms with Crippen molar-refractivity contribution in [2.45, 2.75) is 25.3 Å². The van der Waals surface area contributed by atoms with Gasteiger partial charge in [0.1, 0.15) is 11.6 Å². The van der Waals surface area contributed by atoms with Crippen LogP contribution in [0.5, 0.6) is 0 Å². The summed E-state index contributed by atoms with van der Waals surface area (Å²) >= 11 is 5.88. The van der Waals surface area contributed by atoms with Crippen LogP contribution in [0.25, 0.3) is 0 Å². The predicted octanol–water partition coefficient (Wildman–Crippen LogP) is 5.15. The second-order valence-corrected chi connectivity index (χ2v) is 8.43. The van der Waals surface area contributed by atoms with Crippen LogP contribution in [0.15, 0.2) is 66.9 Å². The maximum Gasteiger partial charge on any atom is 0.258 e. The molecule has 7 heteroatoms. The number of carbonyl (C=O) groups excluding carboxylic acids is 1. The highest BCUT2D eigenvalue weighted by molar-refractivity contribution is 6.30. The SMILES string of the molecule is O=C(Nc1ccc(Cl)cn1)c1ccccc1NC(Cc1ccccc1F)C1CCNCC1. The molecule has 0 radical (unpaired) electrons. The van der Waals surface area contributed by atoms with Gasteiger partial charge in [0.2, 0.25) is 0 Å². The van der Waals surface area contributed by atoms with Crippen molar-refractivity contribution in [3.63, 3.8) is 0 Å². The molecule has 5 nitrogen and oxygen atoms in total. The molecule has 3 N–H and O–H groups in total. The van der Waals surface area contributed by atoms with Crippen LogP contribution in [0.1, 0.15) is 28.8 Å². The Morgan fingerprint density at radius 2 is 1.84 bits per heavy atom. The van der Waals surface area contributed by atoms with Crippen molar-refractivity contribution in [2.24, 2.45) is 5.92 Å². The lowest BCUT2D eigenvalue weighted by molar-refractivity contribution is 0.102. The summed E-state index contributed by atoms with van der Waals surface area (Å²) in [5.74, 6) is 0.325. The molecule has 32 heavy (non-hydrogen) atoms. The van der Waals surface area contributed by atoms with Gasteiger partial charge in [-0.3, -0.25) is 4.79 Å². The van der Waals surface area contributed by atoms with Crippen molar-refractivity contribution < 1.29 is 9.18 Å². The molecular weight excluding hydrogens is 427 g/mol. The van der Waals surface area contributed by atoms with Crippen LogP contribution in [-0.4, -0.2) is 30.0 Å². The third-order valence-corrected chi connectivity index (χ3v) is 6.06. The topological polar surface area (TPSA) is 66.0 Å². The summed E-state index contributed by atoms with van der Waals surface area (Å²) in [6, 6.07) is 17.6. The molecule has 1 atom stereocenters. The summed E-state index contributed by atoms with van der Waals surface area (Å²) in [6.45, 7) is 1.87. The van der Waals surface area contributed by atoms with Crippen molar-refractivity contribution in [1.82, 2.24) is 10.3 Å². The molecule has 0 saturated carbocycles. The Kier molecular flexibility index (Phi) is 7.35. The summed E-state index contributed by atoms with van der Waals surface area (Å²) < 4.78 is 14.4. The standard InChI is InChI=1S/C25H26ClFN4O/c26-19-9-10-24(29-16-19)31-25(32)20-6-2-4-8-22(20)30-23(17-11-13-28-14-12-17)15-18-5-1-3-7-21(18)27/h1-10,16-17,23,28,30H,11-15H2,(H,29,31,32). The molecule has 1 unspecified atom stereocenters. The number of benzene rings is 2. The van der Waals surface area contributed by atoms with E-state index in [-0.39, 0.29) is 17.8 Å². The number of halogens is 2. The summed E-state index contributed by atoms with van der Waals surface area (Å²) in [4.78, 5) is 17.1. The zero-order chi connectivity index (χ0) is 22.3. The average Bonchev–Trinajstić information content (AvgIpc) is 2.82. The molecule has 1 amide bonds. The highest BCUT2D eigenvalue weighted by atomic mass is 35.5. The number of rotatable bonds is 7. The van der Waals surface area contributed by atoms with Crippen LogP contribution in [0.3, 0.4) is 0 Å². The Morgan fingerprint density at radius 3 is 2.59 bits per heavy atom. The maximum absolute atomic E-state index is 14.4. The lowest BCUT2D eigenvalue weighted by Crippen LogP contribution is -2.39. The fourth-order valence-corrected chi connectivity index (χ4v) is 4.23. The van der Waals surface area contributed by atoms with E-state index < -0.39 is 0 Å². The van der Waals surface area contributed by atoms with E-state index in [1.807, 2.05) is 30.3 Å². The number of anilines is 2. The molecule has 4 rings (SSSR count). The van der Waals surface area contributed by atoms with E-state index >= 15 is 0 Å². The number of hydrogen-bond donors (Lipinski definition) is 3. The van der Waals surface area contributed by atoms with E-state index in [4.69, 9.17) is 11.6 Å². The Balaban J connectivity index is 1.57. The fraction of sp³-hybridized carbons (Fsp3) is 0.280. The van der Waals surface area contributed by atoms with Crippen molar-refractivity contribution in [1.29, 1.82) is 0 Å². The molecule has 1 aromatic heterocycles. The van der Waals surface area contributed by atoms with Crippen LogP contribution in [0.4, 0.5) is 15.9 Å². The van der Waals surface area contributed by atoms with Gasteiger partial charge >= 0.3 is 0 Å². The first-order valence-electron chi connectivity index (χ1n) is 10.8. The maximum atomic E-state index is 14.4. The van der Waals surface area contributed by atoms with Gasteiger partial charge in [0.05, 0.1) is 10.6 Å². The third kappa shape index (κ3) is 5.64. The van der Waals surface area contributed by atoms with E-state index in [1.54, 1.807) is 24.3 Å². The van der Waals surface area contributed by atoms with Gasteiger partial charge in [0.15, 0.2) is 0 Å². The minimum absolute atomic E-state index is 0.00314. The molecule has 1 aliphatic heterocycles. The molecule has 166 valence electrons. The monoisotopic (exact) mass is 452 g/mol. The van der Waals surface area contributed by atoms with E-state index in [1.165, 1.54) is 12.3 Å². The number of amides is 1. The minimum atomic E-state index is -0.266. The van der Waals surface area contributed by atoms with E-state index in [9.17, 15) is 9.18 Å². The Labute approximate surface area is 192 Å². The van der Waals surface area contributed by atoms with Crippen LogP contribution < -0.4 is 16.0 Å². The Hall–Kier alpha value is -2.96. The Bertz CT molecular complexity index is 1050. The van der Waals surface area contributed by atoms with Crippen molar-refractivity contribution in [2.75, 3.05) is 23.7 Å². The van der Waals surface area contributed by atoms with Gasteiger partial charge in [0.25, 0.3) is 5.91 Å². The molecule has 0 aliphatic carbocycles. The molecule has 2 aromatic carbocycles. The first-order valence-corrected chi connectivity index (χ1v) is 11.2. The molecule has 2 heterocycles. The zero-order valence-corrected chi connectivity index (χ0v) is 18.4. The molecule has 1 aliphatic rings. The third-order valence-electron chi connectivity index (χ3n) is 5.83. The first-order chi connectivity index (χ1) is 15.6. The second kappa shape index (κ2) is 10.6. The van der Waals surface area contributed by atoms with Crippen LogP contribution in [0, 0.1) is 11.7 Å². The molecular formula is C25H26ClFN4O. The van der Waals surface area contributed by atoms with Crippen LogP contribution in [-0.2, 0) is 6.42 Å². The molecule has 1 fully saturated rings. The highest BCUT2D eigenvalue weighted by Gasteiger charge is 2.26. The van der Waals surface area contributed by atoms with Gasteiger partial charge in [-0.05, 0) is 74.2 Å². The van der Waals surface area contributed by atoms with Crippen LogP contribution >= 0.6 is 11.6 Å². The van der Waals surface area contributed by atoms with Gasteiger partial charge < -0.3 is 16.0 Å². The van der Waals surface area contributed by atoms with Crippen LogP contribution in [0.2, 0.25) is 5.02 Å². The zero-order valence-electron chi connectivity index (χ0n) is 17.7. The number of aromatic nitrogens is 1. The fourth-order valence-electron chi connectivity index (χ4n) is 4.12. The highest BCUT2D eigenvalue weighted by Crippen LogP contribution is 2.26. The Morgan fingerprint density at radius 1 is 1.09 bits per heavy atom. The number of carbonyl (C=O) groups is 1. The van der Waals surface area contributed by atoms with Gasteiger partial charge in [-0.2, -0.15) is 0 Å². The van der Waals surface area contributed by atoms with Crippen molar-refractivity contribution >= 4 is 29.0 Å². The van der Waals surface area contributed by atoms with Gasteiger partial charge in [-0.1, -0.05) is 41.9 Å². The largest absolute Gasteiger partial charge is 0.381 e. The average molecular weight is 453 g/mol. The summed E-state index contributed by atoms with van der Waals surface area (Å²) in [7, 11) is 0. The van der Waals surface area contributed by atoms with Gasteiger partial charge in [-0.25, -0.2) is 9.37 Å². The summed E-state index contributed by atoms with van der Waals surface area (Å²) in [5, 5.41) is 10.3. The van der Waals surface area contributed by atoms with E-state index in [2.05, 4.69) is 20.9 Å². The number of para-hydroxylation sites is 1. The van der Waals surface area contributed by atoms with Gasteiger partial charge in [0, 0.05) is 17.9 Å². The lowest BCUT2D eigenvalue weighted by Gasteiger charge is -2.33. The minimum Gasteiger partial charge on any atom is -0.381 e. The number of piperidine rings is 1.